The lowest BCUT2D eigenvalue weighted by Crippen LogP contribution is -2.49. The summed E-state index contributed by atoms with van der Waals surface area (Å²) in [4.78, 5) is 41.8. The summed E-state index contributed by atoms with van der Waals surface area (Å²) in [5.74, 6) is -1.55. The average molecular weight is 527 g/mol. The van der Waals surface area contributed by atoms with Crippen LogP contribution in [0.15, 0.2) is 40.8 Å². The monoisotopic (exact) mass is 526 g/mol. The number of halogens is 1. The molecule has 1 saturated carbocycles. The molecule has 1 N–H and O–H groups in total. The lowest BCUT2D eigenvalue weighted by atomic mass is 9.95. The standard InChI is InChI=1S/C26H31FN6O5/c1-3-37-23(35)16-32(22(34)15-33-30-25(29-31-33)19-11-7-8-12-20(19)27)24(21-14-13-17(2)38-21)26(36)28-18-9-5-4-6-10-18/h7-8,11-14,18,24H,3-6,9-10,15-16H2,1-2H3,(H,28,36)/t24-/m0/s1. The van der Waals surface area contributed by atoms with Gasteiger partial charge in [0.2, 0.25) is 11.7 Å². The molecule has 0 unspecified atom stereocenters. The van der Waals surface area contributed by atoms with E-state index >= 15 is 0 Å². The molecule has 38 heavy (non-hydrogen) atoms. The van der Waals surface area contributed by atoms with Gasteiger partial charge >= 0.3 is 5.97 Å². The minimum Gasteiger partial charge on any atom is -0.465 e. The topological polar surface area (TPSA) is 132 Å². The number of nitrogens with zero attached hydrogens (tertiary/aromatic N) is 5. The molecule has 2 aromatic heterocycles. The molecule has 1 fully saturated rings. The Labute approximate surface area is 219 Å². The Morgan fingerprint density at radius 3 is 2.63 bits per heavy atom. The van der Waals surface area contributed by atoms with E-state index in [2.05, 4.69) is 20.7 Å². The SMILES string of the molecule is CCOC(=O)CN(C(=O)Cn1nnc(-c2ccccc2F)n1)[C@H](C(=O)NC1CCCCC1)c1ccc(C)o1. The Morgan fingerprint density at radius 1 is 1.18 bits per heavy atom. The lowest BCUT2D eigenvalue weighted by molar-refractivity contribution is -0.153. The van der Waals surface area contributed by atoms with Crippen LogP contribution in [0.2, 0.25) is 0 Å². The predicted octanol–water partition coefficient (Wildman–Crippen LogP) is 2.96. The molecule has 0 spiro atoms. The fourth-order valence-electron chi connectivity index (χ4n) is 4.49. The number of carbonyl (C=O) groups excluding carboxylic acids is 3. The van der Waals surface area contributed by atoms with Crippen LogP contribution in [0.5, 0.6) is 0 Å². The van der Waals surface area contributed by atoms with Gasteiger partial charge in [0.1, 0.15) is 30.4 Å². The second-order valence-electron chi connectivity index (χ2n) is 9.14. The summed E-state index contributed by atoms with van der Waals surface area (Å²) in [5, 5.41) is 14.9. The number of aromatic nitrogens is 4. The molecule has 4 rings (SSSR count). The quantitative estimate of drug-likeness (QED) is 0.399. The smallest absolute Gasteiger partial charge is 0.325 e. The Balaban J connectivity index is 1.61. The largest absolute Gasteiger partial charge is 0.465 e. The molecule has 0 aliphatic heterocycles. The summed E-state index contributed by atoms with van der Waals surface area (Å²) in [6.45, 7) is 2.53. The van der Waals surface area contributed by atoms with Crippen molar-refractivity contribution in [2.75, 3.05) is 13.2 Å². The molecule has 3 aromatic rings. The molecule has 0 saturated heterocycles. The zero-order valence-electron chi connectivity index (χ0n) is 21.4. The second kappa shape index (κ2) is 12.4. The van der Waals surface area contributed by atoms with Gasteiger partial charge in [-0.05, 0) is 56.2 Å². The summed E-state index contributed by atoms with van der Waals surface area (Å²) >= 11 is 0. The zero-order valence-corrected chi connectivity index (χ0v) is 21.4. The summed E-state index contributed by atoms with van der Waals surface area (Å²) in [6.07, 6.45) is 4.79. The summed E-state index contributed by atoms with van der Waals surface area (Å²) < 4.78 is 25.0. The Bertz CT molecular complexity index is 1270. The third kappa shape index (κ3) is 6.61. The van der Waals surface area contributed by atoms with Crippen LogP contribution >= 0.6 is 0 Å². The minimum atomic E-state index is -1.22. The van der Waals surface area contributed by atoms with Gasteiger partial charge in [0.05, 0.1) is 12.2 Å². The van der Waals surface area contributed by atoms with Gasteiger partial charge < -0.3 is 19.4 Å². The molecule has 1 aromatic carbocycles. The maximum atomic E-state index is 14.2. The first-order chi connectivity index (χ1) is 18.4. The van der Waals surface area contributed by atoms with Crippen LogP contribution in [-0.4, -0.2) is 62.1 Å². The average Bonchev–Trinajstić information content (AvgIpc) is 3.53. The number of furan rings is 1. The number of esters is 1. The molecule has 12 heteroatoms. The van der Waals surface area contributed by atoms with E-state index in [0.29, 0.717) is 5.76 Å². The first-order valence-corrected chi connectivity index (χ1v) is 12.7. The number of hydrogen-bond acceptors (Lipinski definition) is 8. The maximum Gasteiger partial charge on any atom is 0.325 e. The fourth-order valence-corrected chi connectivity index (χ4v) is 4.49. The van der Waals surface area contributed by atoms with Gasteiger partial charge in [-0.25, -0.2) is 4.39 Å². The molecule has 202 valence electrons. The predicted molar refractivity (Wildman–Crippen MR) is 133 cm³/mol. The fraction of sp³-hybridized carbons (Fsp3) is 0.462. The van der Waals surface area contributed by atoms with E-state index < -0.39 is 42.7 Å². The van der Waals surface area contributed by atoms with Crippen LogP contribution in [0, 0.1) is 12.7 Å². The van der Waals surface area contributed by atoms with Crippen LogP contribution in [0.1, 0.15) is 56.6 Å². The van der Waals surface area contributed by atoms with Crippen molar-refractivity contribution < 1.29 is 27.9 Å². The molecular formula is C26H31FN6O5. The number of amides is 2. The molecule has 1 aliphatic carbocycles. The van der Waals surface area contributed by atoms with E-state index in [0.717, 1.165) is 41.8 Å². The molecule has 0 bridgehead atoms. The summed E-state index contributed by atoms with van der Waals surface area (Å²) in [7, 11) is 0. The minimum absolute atomic E-state index is 0.00101. The van der Waals surface area contributed by atoms with E-state index in [1.54, 1.807) is 32.0 Å². The van der Waals surface area contributed by atoms with Crippen molar-refractivity contribution in [3.05, 3.63) is 53.7 Å². The first kappa shape index (κ1) is 27.0. The van der Waals surface area contributed by atoms with Crippen LogP contribution in [-0.2, 0) is 25.7 Å². The normalized spacial score (nSPS) is 14.6. The number of aryl methyl sites for hydroxylation is 1. The number of benzene rings is 1. The van der Waals surface area contributed by atoms with E-state index in [4.69, 9.17) is 9.15 Å². The van der Waals surface area contributed by atoms with Gasteiger partial charge in [0.25, 0.3) is 5.91 Å². The van der Waals surface area contributed by atoms with Crippen molar-refractivity contribution >= 4 is 17.8 Å². The van der Waals surface area contributed by atoms with Gasteiger partial charge in [0, 0.05) is 6.04 Å². The molecular weight excluding hydrogens is 495 g/mol. The van der Waals surface area contributed by atoms with Gasteiger partial charge in [-0.15, -0.1) is 10.2 Å². The van der Waals surface area contributed by atoms with Crippen molar-refractivity contribution in [3.63, 3.8) is 0 Å². The Kier molecular flexibility index (Phi) is 8.82. The van der Waals surface area contributed by atoms with Crippen molar-refractivity contribution in [2.24, 2.45) is 0 Å². The molecule has 2 heterocycles. The maximum absolute atomic E-state index is 14.2. The molecule has 1 aliphatic rings. The van der Waals surface area contributed by atoms with Crippen molar-refractivity contribution in [1.29, 1.82) is 0 Å². The Hall–Kier alpha value is -4.09. The van der Waals surface area contributed by atoms with Crippen LogP contribution in [0.3, 0.4) is 0 Å². The number of rotatable bonds is 10. The van der Waals surface area contributed by atoms with Gasteiger partial charge in [-0.2, -0.15) is 4.80 Å². The van der Waals surface area contributed by atoms with Crippen molar-refractivity contribution in [2.45, 2.75) is 64.6 Å². The number of carbonyl (C=O) groups is 3. The zero-order chi connectivity index (χ0) is 27.1. The molecule has 2 amide bonds. The third-order valence-corrected chi connectivity index (χ3v) is 6.31. The molecule has 1 atom stereocenters. The molecule has 0 radical (unpaired) electrons. The van der Waals surface area contributed by atoms with E-state index in [1.807, 2.05) is 0 Å². The third-order valence-electron chi connectivity index (χ3n) is 6.31. The van der Waals surface area contributed by atoms with Crippen LogP contribution in [0.4, 0.5) is 4.39 Å². The summed E-state index contributed by atoms with van der Waals surface area (Å²) in [6, 6.07) is 7.96. The highest BCUT2D eigenvalue weighted by molar-refractivity contribution is 5.90. The van der Waals surface area contributed by atoms with Crippen LogP contribution < -0.4 is 5.32 Å². The first-order valence-electron chi connectivity index (χ1n) is 12.7. The van der Waals surface area contributed by atoms with Crippen LogP contribution in [0.25, 0.3) is 11.4 Å². The highest BCUT2D eigenvalue weighted by Crippen LogP contribution is 2.26. The number of ether oxygens (including phenoxy) is 1. The highest BCUT2D eigenvalue weighted by atomic mass is 19.1. The van der Waals surface area contributed by atoms with Gasteiger partial charge in [-0.1, -0.05) is 31.4 Å². The number of hydrogen-bond donors (Lipinski definition) is 1. The summed E-state index contributed by atoms with van der Waals surface area (Å²) in [5.41, 5.74) is 0.130. The molecule has 11 nitrogen and oxygen atoms in total. The Morgan fingerprint density at radius 2 is 1.95 bits per heavy atom. The number of nitrogens with one attached hydrogen (secondary N) is 1. The van der Waals surface area contributed by atoms with Gasteiger partial charge in [-0.3, -0.25) is 14.4 Å². The van der Waals surface area contributed by atoms with E-state index in [1.165, 1.54) is 18.2 Å². The van der Waals surface area contributed by atoms with Gasteiger partial charge in [0.15, 0.2) is 6.04 Å². The van der Waals surface area contributed by atoms with E-state index in [9.17, 15) is 18.8 Å². The lowest BCUT2D eigenvalue weighted by Gasteiger charge is -2.31. The van der Waals surface area contributed by atoms with E-state index in [-0.39, 0.29) is 29.8 Å². The number of tetrazole rings is 1. The second-order valence-corrected chi connectivity index (χ2v) is 9.14. The highest BCUT2D eigenvalue weighted by Gasteiger charge is 2.37. The van der Waals surface area contributed by atoms with Crippen molar-refractivity contribution in [3.8, 4) is 11.4 Å². The van der Waals surface area contributed by atoms with Crippen molar-refractivity contribution in [1.82, 2.24) is 30.4 Å².